The van der Waals surface area contributed by atoms with E-state index in [1.54, 1.807) is 0 Å². The summed E-state index contributed by atoms with van der Waals surface area (Å²) in [6.45, 7) is 6.69. The Kier molecular flexibility index (Phi) is 3.58. The summed E-state index contributed by atoms with van der Waals surface area (Å²) in [5.41, 5.74) is 10.7. The molecule has 0 atom stereocenters. The Morgan fingerprint density at radius 1 is 1.24 bits per heavy atom. The first-order valence-electron chi connectivity index (χ1n) is 6.92. The van der Waals surface area contributed by atoms with Crippen LogP contribution in [0.1, 0.15) is 55.7 Å². The van der Waals surface area contributed by atoms with Crippen molar-refractivity contribution in [1.29, 1.82) is 0 Å². The highest BCUT2D eigenvalue weighted by atomic mass is 14.7. The SMILES string of the molecule is CCC1CCC(N)(c2cccc(C)c2C)CC1. The Morgan fingerprint density at radius 2 is 1.88 bits per heavy atom. The fraction of sp³-hybridized carbons (Fsp3) is 0.625. The highest BCUT2D eigenvalue weighted by Gasteiger charge is 2.33. The smallest absolute Gasteiger partial charge is 0.0412 e. The molecule has 0 unspecified atom stereocenters. The molecule has 1 aromatic rings. The molecule has 1 saturated carbocycles. The van der Waals surface area contributed by atoms with Crippen LogP contribution in [-0.2, 0) is 5.54 Å². The zero-order valence-electron chi connectivity index (χ0n) is 11.4. The van der Waals surface area contributed by atoms with Crippen LogP contribution >= 0.6 is 0 Å². The maximum atomic E-state index is 6.67. The Morgan fingerprint density at radius 3 is 2.47 bits per heavy atom. The van der Waals surface area contributed by atoms with E-state index in [-0.39, 0.29) is 5.54 Å². The number of aryl methyl sites for hydroxylation is 1. The predicted octanol–water partition coefficient (Wildman–Crippen LogP) is 4.06. The third kappa shape index (κ3) is 2.40. The second-order valence-electron chi connectivity index (χ2n) is 5.76. The molecule has 0 radical (unpaired) electrons. The van der Waals surface area contributed by atoms with Gasteiger partial charge in [-0.25, -0.2) is 0 Å². The van der Waals surface area contributed by atoms with Crippen molar-refractivity contribution in [3.63, 3.8) is 0 Å². The molecule has 1 aliphatic carbocycles. The first-order valence-corrected chi connectivity index (χ1v) is 6.92. The molecule has 1 heteroatoms. The van der Waals surface area contributed by atoms with E-state index in [0.717, 1.165) is 18.8 Å². The van der Waals surface area contributed by atoms with E-state index in [0.29, 0.717) is 0 Å². The van der Waals surface area contributed by atoms with E-state index in [9.17, 15) is 0 Å². The van der Waals surface area contributed by atoms with Crippen LogP contribution in [0.25, 0.3) is 0 Å². The van der Waals surface area contributed by atoms with Gasteiger partial charge in [0, 0.05) is 5.54 Å². The normalized spacial score (nSPS) is 29.3. The molecular formula is C16H25N. The van der Waals surface area contributed by atoms with Crippen LogP contribution in [0.5, 0.6) is 0 Å². The van der Waals surface area contributed by atoms with Gasteiger partial charge in [0.2, 0.25) is 0 Å². The minimum Gasteiger partial charge on any atom is -0.321 e. The molecule has 0 aromatic heterocycles. The third-order valence-corrected chi connectivity index (χ3v) is 4.72. The van der Waals surface area contributed by atoms with Gasteiger partial charge in [-0.1, -0.05) is 31.5 Å². The van der Waals surface area contributed by atoms with Crippen molar-refractivity contribution in [3.05, 3.63) is 34.9 Å². The van der Waals surface area contributed by atoms with Gasteiger partial charge >= 0.3 is 0 Å². The molecule has 2 N–H and O–H groups in total. The lowest BCUT2D eigenvalue weighted by molar-refractivity contribution is 0.231. The van der Waals surface area contributed by atoms with Crippen molar-refractivity contribution < 1.29 is 0 Å². The summed E-state index contributed by atoms with van der Waals surface area (Å²) in [7, 11) is 0. The van der Waals surface area contributed by atoms with Crippen LogP contribution < -0.4 is 5.73 Å². The van der Waals surface area contributed by atoms with E-state index in [1.807, 2.05) is 0 Å². The minimum atomic E-state index is -0.0677. The fourth-order valence-electron chi connectivity index (χ4n) is 3.16. The summed E-state index contributed by atoms with van der Waals surface area (Å²) in [6, 6.07) is 6.56. The highest BCUT2D eigenvalue weighted by molar-refractivity contribution is 5.38. The second kappa shape index (κ2) is 4.81. The van der Waals surface area contributed by atoms with Gasteiger partial charge in [0.15, 0.2) is 0 Å². The van der Waals surface area contributed by atoms with Gasteiger partial charge in [0.05, 0.1) is 0 Å². The van der Waals surface area contributed by atoms with Gasteiger partial charge in [-0.3, -0.25) is 0 Å². The number of hydrogen-bond donors (Lipinski definition) is 1. The largest absolute Gasteiger partial charge is 0.321 e. The van der Waals surface area contributed by atoms with Crippen LogP contribution in [0.2, 0.25) is 0 Å². The molecule has 0 amide bonds. The van der Waals surface area contributed by atoms with Gasteiger partial charge in [-0.05, 0) is 62.1 Å². The number of hydrogen-bond acceptors (Lipinski definition) is 1. The van der Waals surface area contributed by atoms with Crippen LogP contribution in [-0.4, -0.2) is 0 Å². The summed E-state index contributed by atoms with van der Waals surface area (Å²) in [5, 5.41) is 0. The maximum Gasteiger partial charge on any atom is 0.0412 e. The number of nitrogens with two attached hydrogens (primary N) is 1. The van der Waals surface area contributed by atoms with Crippen LogP contribution in [0.3, 0.4) is 0 Å². The Labute approximate surface area is 105 Å². The molecule has 17 heavy (non-hydrogen) atoms. The molecule has 0 heterocycles. The Bertz CT molecular complexity index is 387. The first-order chi connectivity index (χ1) is 8.07. The molecule has 0 aliphatic heterocycles. The fourth-order valence-corrected chi connectivity index (χ4v) is 3.16. The van der Waals surface area contributed by atoms with E-state index in [2.05, 4.69) is 39.0 Å². The molecule has 0 bridgehead atoms. The molecule has 1 aromatic carbocycles. The van der Waals surface area contributed by atoms with Gasteiger partial charge in [0.1, 0.15) is 0 Å². The van der Waals surface area contributed by atoms with Crippen LogP contribution in [0, 0.1) is 19.8 Å². The van der Waals surface area contributed by atoms with Gasteiger partial charge in [-0.2, -0.15) is 0 Å². The van der Waals surface area contributed by atoms with Crippen molar-refractivity contribution in [1.82, 2.24) is 0 Å². The van der Waals surface area contributed by atoms with Gasteiger partial charge < -0.3 is 5.73 Å². The van der Waals surface area contributed by atoms with Gasteiger partial charge in [-0.15, -0.1) is 0 Å². The zero-order valence-corrected chi connectivity index (χ0v) is 11.4. The average molecular weight is 231 g/mol. The van der Waals surface area contributed by atoms with E-state index >= 15 is 0 Å². The van der Waals surface area contributed by atoms with E-state index in [1.165, 1.54) is 36.0 Å². The summed E-state index contributed by atoms with van der Waals surface area (Å²) < 4.78 is 0. The Hall–Kier alpha value is -0.820. The average Bonchev–Trinajstić information content (AvgIpc) is 2.33. The highest BCUT2D eigenvalue weighted by Crippen LogP contribution is 2.40. The summed E-state index contributed by atoms with van der Waals surface area (Å²) in [6.07, 6.45) is 6.19. The lowest BCUT2D eigenvalue weighted by Crippen LogP contribution is -2.41. The van der Waals surface area contributed by atoms with Crippen LogP contribution in [0.4, 0.5) is 0 Å². The van der Waals surface area contributed by atoms with Crippen molar-refractivity contribution in [2.75, 3.05) is 0 Å². The predicted molar refractivity (Wildman–Crippen MR) is 74.0 cm³/mol. The monoisotopic (exact) mass is 231 g/mol. The number of rotatable bonds is 2. The summed E-state index contributed by atoms with van der Waals surface area (Å²) in [5.74, 6) is 0.900. The first kappa shape index (κ1) is 12.6. The molecule has 1 fully saturated rings. The summed E-state index contributed by atoms with van der Waals surface area (Å²) >= 11 is 0. The van der Waals surface area contributed by atoms with E-state index in [4.69, 9.17) is 5.73 Å². The summed E-state index contributed by atoms with van der Waals surface area (Å²) in [4.78, 5) is 0. The maximum absolute atomic E-state index is 6.67. The second-order valence-corrected chi connectivity index (χ2v) is 5.76. The minimum absolute atomic E-state index is 0.0677. The van der Waals surface area contributed by atoms with Crippen molar-refractivity contribution >= 4 is 0 Å². The van der Waals surface area contributed by atoms with Crippen LogP contribution in [0.15, 0.2) is 18.2 Å². The molecule has 0 spiro atoms. The Balaban J connectivity index is 2.24. The standard InChI is InChI=1S/C16H25N/c1-4-14-8-10-16(17,11-9-14)15-7-5-6-12(2)13(15)3/h5-7,14H,4,8-11,17H2,1-3H3. The zero-order chi connectivity index (χ0) is 12.5. The topological polar surface area (TPSA) is 26.0 Å². The van der Waals surface area contributed by atoms with Gasteiger partial charge in [0.25, 0.3) is 0 Å². The molecular weight excluding hydrogens is 206 g/mol. The quantitative estimate of drug-likeness (QED) is 0.816. The van der Waals surface area contributed by atoms with Crippen molar-refractivity contribution in [2.45, 2.75) is 58.4 Å². The molecule has 1 nitrogen and oxygen atoms in total. The third-order valence-electron chi connectivity index (χ3n) is 4.72. The number of benzene rings is 1. The molecule has 94 valence electrons. The van der Waals surface area contributed by atoms with Crippen molar-refractivity contribution in [3.8, 4) is 0 Å². The molecule has 0 saturated heterocycles. The van der Waals surface area contributed by atoms with Crippen molar-refractivity contribution in [2.24, 2.45) is 11.7 Å². The molecule has 1 aliphatic rings. The lowest BCUT2D eigenvalue weighted by atomic mass is 9.71. The van der Waals surface area contributed by atoms with E-state index < -0.39 is 0 Å². The lowest BCUT2D eigenvalue weighted by Gasteiger charge is -2.38. The molecule has 2 rings (SSSR count).